The van der Waals surface area contributed by atoms with Crippen molar-refractivity contribution >= 4 is 28.1 Å². The average Bonchev–Trinajstić information content (AvgIpc) is 3.46. The van der Waals surface area contributed by atoms with E-state index in [1.54, 1.807) is 12.5 Å². The zero-order valence-electron chi connectivity index (χ0n) is 17.7. The SMILES string of the molecule is O=C(c1occc1CNc1ccc2cccnc2c1)N1CCC2=C(Cc3ccccc32)C1. The van der Waals surface area contributed by atoms with Gasteiger partial charge in [-0.05, 0) is 59.4 Å². The van der Waals surface area contributed by atoms with Crippen LogP contribution in [-0.4, -0.2) is 28.9 Å². The van der Waals surface area contributed by atoms with E-state index in [4.69, 9.17) is 4.42 Å². The molecule has 0 spiro atoms. The molecule has 1 amide bonds. The van der Waals surface area contributed by atoms with Gasteiger partial charge in [0.25, 0.3) is 5.91 Å². The van der Waals surface area contributed by atoms with E-state index in [1.165, 1.54) is 22.3 Å². The minimum atomic E-state index is -0.0329. The highest BCUT2D eigenvalue weighted by atomic mass is 16.3. The fourth-order valence-electron chi connectivity index (χ4n) is 4.87. The fraction of sp³-hybridized carbons (Fsp3) is 0.185. The first-order chi connectivity index (χ1) is 15.8. The molecule has 2 aliphatic rings. The van der Waals surface area contributed by atoms with Gasteiger partial charge in [0.2, 0.25) is 0 Å². The minimum Gasteiger partial charge on any atom is -0.459 e. The van der Waals surface area contributed by atoms with Crippen molar-refractivity contribution in [1.29, 1.82) is 0 Å². The van der Waals surface area contributed by atoms with Gasteiger partial charge in [0.15, 0.2) is 5.76 Å². The van der Waals surface area contributed by atoms with Gasteiger partial charge >= 0.3 is 0 Å². The second-order valence-corrected chi connectivity index (χ2v) is 8.43. The van der Waals surface area contributed by atoms with Crippen LogP contribution in [0.2, 0.25) is 0 Å². The van der Waals surface area contributed by atoms with Crippen LogP contribution >= 0.6 is 0 Å². The first kappa shape index (κ1) is 18.9. The van der Waals surface area contributed by atoms with E-state index in [1.807, 2.05) is 41.3 Å². The van der Waals surface area contributed by atoms with Gasteiger partial charge < -0.3 is 14.6 Å². The number of fused-ring (bicyclic) bond motifs is 3. The first-order valence-electron chi connectivity index (χ1n) is 11.0. The van der Waals surface area contributed by atoms with Crippen molar-refractivity contribution in [1.82, 2.24) is 9.88 Å². The Labute approximate surface area is 186 Å². The Hall–Kier alpha value is -3.86. The van der Waals surface area contributed by atoms with Crippen molar-refractivity contribution in [3.05, 3.63) is 101 Å². The monoisotopic (exact) mass is 421 g/mol. The molecule has 5 nitrogen and oxygen atoms in total. The number of carbonyl (C=O) groups excluding carboxylic acids is 1. The molecule has 6 rings (SSSR count). The predicted molar refractivity (Wildman–Crippen MR) is 125 cm³/mol. The summed E-state index contributed by atoms with van der Waals surface area (Å²) in [7, 11) is 0. The number of benzene rings is 2. The van der Waals surface area contributed by atoms with E-state index in [0.717, 1.165) is 41.5 Å². The van der Waals surface area contributed by atoms with E-state index in [-0.39, 0.29) is 5.91 Å². The van der Waals surface area contributed by atoms with Gasteiger partial charge in [0.05, 0.1) is 11.8 Å². The van der Waals surface area contributed by atoms with Crippen LogP contribution < -0.4 is 5.32 Å². The van der Waals surface area contributed by atoms with E-state index in [0.29, 0.717) is 18.8 Å². The third-order valence-corrected chi connectivity index (χ3v) is 6.50. The summed E-state index contributed by atoms with van der Waals surface area (Å²) in [6.07, 6.45) is 5.24. The van der Waals surface area contributed by atoms with Crippen molar-refractivity contribution in [2.45, 2.75) is 19.4 Å². The van der Waals surface area contributed by atoms with Gasteiger partial charge in [-0.15, -0.1) is 0 Å². The molecule has 0 unspecified atom stereocenters. The van der Waals surface area contributed by atoms with Crippen LogP contribution in [0.5, 0.6) is 0 Å². The lowest BCUT2D eigenvalue weighted by Gasteiger charge is -2.28. The Kier molecular flexibility index (Phi) is 4.53. The summed E-state index contributed by atoms with van der Waals surface area (Å²) in [5, 5.41) is 4.51. The van der Waals surface area contributed by atoms with Crippen LogP contribution in [0.25, 0.3) is 16.5 Å². The second kappa shape index (κ2) is 7.68. The van der Waals surface area contributed by atoms with Crippen molar-refractivity contribution in [2.24, 2.45) is 0 Å². The summed E-state index contributed by atoms with van der Waals surface area (Å²) >= 11 is 0. The number of nitrogens with one attached hydrogen (secondary N) is 1. The van der Waals surface area contributed by atoms with Crippen LogP contribution in [0.4, 0.5) is 5.69 Å². The normalized spacial score (nSPS) is 15.1. The topological polar surface area (TPSA) is 58.4 Å². The summed E-state index contributed by atoms with van der Waals surface area (Å²) in [4.78, 5) is 19.6. The standard InChI is InChI=1S/C27H23N3O2/c31-27(30-12-9-24-21(17-30)14-19-4-1-2-6-23(19)24)26-20(10-13-32-26)16-29-22-8-7-18-5-3-11-28-25(18)15-22/h1-8,10-11,13,15,29H,9,12,14,16-17H2. The average molecular weight is 422 g/mol. The molecular formula is C27H23N3O2. The molecule has 0 fully saturated rings. The van der Waals surface area contributed by atoms with Gasteiger partial charge in [0.1, 0.15) is 0 Å². The third kappa shape index (κ3) is 3.26. The van der Waals surface area contributed by atoms with Crippen LogP contribution in [0.15, 0.2) is 83.1 Å². The van der Waals surface area contributed by atoms with E-state index in [2.05, 4.69) is 34.6 Å². The van der Waals surface area contributed by atoms with E-state index < -0.39 is 0 Å². The Morgan fingerprint density at radius 3 is 3.00 bits per heavy atom. The van der Waals surface area contributed by atoms with Gasteiger partial charge in [-0.3, -0.25) is 9.78 Å². The molecule has 5 heteroatoms. The molecule has 1 aliphatic carbocycles. The summed E-state index contributed by atoms with van der Waals surface area (Å²) in [5.41, 5.74) is 8.30. The number of furan rings is 1. The third-order valence-electron chi connectivity index (χ3n) is 6.50. The highest BCUT2D eigenvalue weighted by Crippen LogP contribution is 2.38. The number of rotatable bonds is 4. The van der Waals surface area contributed by atoms with Gasteiger partial charge in [-0.2, -0.15) is 0 Å². The molecule has 4 aromatic rings. The Bertz CT molecular complexity index is 1370. The zero-order valence-corrected chi connectivity index (χ0v) is 17.7. The summed E-state index contributed by atoms with van der Waals surface area (Å²) in [5.74, 6) is 0.394. The van der Waals surface area contributed by atoms with Crippen molar-refractivity contribution in [3.63, 3.8) is 0 Å². The number of hydrogen-bond acceptors (Lipinski definition) is 4. The Morgan fingerprint density at radius 1 is 1.09 bits per heavy atom. The van der Waals surface area contributed by atoms with Gasteiger partial charge in [-0.25, -0.2) is 0 Å². The molecule has 2 aromatic carbocycles. The molecule has 3 heterocycles. The fourth-order valence-corrected chi connectivity index (χ4v) is 4.87. The number of nitrogens with zero attached hydrogens (tertiary/aromatic N) is 2. The number of amides is 1. The Balaban J connectivity index is 1.17. The lowest BCUT2D eigenvalue weighted by Crippen LogP contribution is -2.36. The summed E-state index contributed by atoms with van der Waals surface area (Å²) < 4.78 is 5.65. The molecule has 0 saturated heterocycles. The molecular weight excluding hydrogens is 398 g/mol. The molecule has 0 bridgehead atoms. The predicted octanol–water partition coefficient (Wildman–Crippen LogP) is 5.30. The number of hydrogen-bond donors (Lipinski definition) is 1. The molecule has 0 atom stereocenters. The summed E-state index contributed by atoms with van der Waals surface area (Å²) in [6.45, 7) is 1.91. The Morgan fingerprint density at radius 2 is 2.03 bits per heavy atom. The molecule has 0 saturated carbocycles. The van der Waals surface area contributed by atoms with Crippen LogP contribution in [0.1, 0.15) is 33.7 Å². The largest absolute Gasteiger partial charge is 0.459 e. The highest BCUT2D eigenvalue weighted by Gasteiger charge is 2.31. The highest BCUT2D eigenvalue weighted by molar-refractivity contribution is 5.94. The summed E-state index contributed by atoms with van der Waals surface area (Å²) in [6, 6.07) is 20.5. The molecule has 1 N–H and O–H groups in total. The van der Waals surface area contributed by atoms with Crippen LogP contribution in [0.3, 0.4) is 0 Å². The quantitative estimate of drug-likeness (QED) is 0.486. The van der Waals surface area contributed by atoms with Crippen molar-refractivity contribution < 1.29 is 9.21 Å². The minimum absolute atomic E-state index is 0.0329. The van der Waals surface area contributed by atoms with Crippen molar-refractivity contribution in [2.75, 3.05) is 18.4 Å². The number of anilines is 1. The van der Waals surface area contributed by atoms with Gasteiger partial charge in [0, 0.05) is 42.5 Å². The first-order valence-corrected chi connectivity index (χ1v) is 11.0. The lowest BCUT2D eigenvalue weighted by molar-refractivity contribution is 0.0734. The number of pyridine rings is 1. The molecule has 1 aliphatic heterocycles. The van der Waals surface area contributed by atoms with E-state index in [9.17, 15) is 4.79 Å². The van der Waals surface area contributed by atoms with Gasteiger partial charge in [-0.1, -0.05) is 36.4 Å². The maximum Gasteiger partial charge on any atom is 0.290 e. The van der Waals surface area contributed by atoms with E-state index >= 15 is 0 Å². The zero-order chi connectivity index (χ0) is 21.5. The molecule has 0 radical (unpaired) electrons. The maximum absolute atomic E-state index is 13.3. The molecule has 2 aromatic heterocycles. The smallest absolute Gasteiger partial charge is 0.290 e. The lowest BCUT2D eigenvalue weighted by atomic mass is 9.99. The van der Waals surface area contributed by atoms with Crippen molar-refractivity contribution in [3.8, 4) is 0 Å². The van der Waals surface area contributed by atoms with Crippen LogP contribution in [0, 0.1) is 0 Å². The second-order valence-electron chi connectivity index (χ2n) is 8.43. The number of aromatic nitrogens is 1. The van der Waals surface area contributed by atoms with Crippen LogP contribution in [-0.2, 0) is 13.0 Å². The molecule has 158 valence electrons. The molecule has 32 heavy (non-hydrogen) atoms. The maximum atomic E-state index is 13.3. The number of carbonyl (C=O) groups is 1.